The van der Waals surface area contributed by atoms with Gasteiger partial charge in [0.25, 0.3) is 0 Å². The fourth-order valence-corrected chi connectivity index (χ4v) is 8.66. The van der Waals surface area contributed by atoms with E-state index in [0.29, 0.717) is 10.9 Å². The second-order valence-corrected chi connectivity index (χ2v) is 13.0. The molecule has 9 heteroatoms. The molecule has 2 aliphatic carbocycles. The van der Waals surface area contributed by atoms with E-state index in [0.717, 1.165) is 49.6 Å². The number of aliphatic hydroxyl groups excluding tert-OH is 1. The van der Waals surface area contributed by atoms with Crippen LogP contribution in [0.2, 0.25) is 0 Å². The summed E-state index contributed by atoms with van der Waals surface area (Å²) in [5.41, 5.74) is 1.00. The lowest BCUT2D eigenvalue weighted by Crippen LogP contribution is -2.54. The van der Waals surface area contributed by atoms with Gasteiger partial charge in [0.1, 0.15) is 0 Å². The maximum Gasteiger partial charge on any atom is 0.236 e. The molecule has 1 aromatic rings. The van der Waals surface area contributed by atoms with Gasteiger partial charge >= 0.3 is 0 Å². The Balaban J connectivity index is 1.52. The van der Waals surface area contributed by atoms with Gasteiger partial charge in [-0.15, -0.1) is 11.3 Å². The van der Waals surface area contributed by atoms with Gasteiger partial charge in [-0.05, 0) is 42.8 Å². The predicted octanol–water partition coefficient (Wildman–Crippen LogP) is 3.71. The number of thioether (sulfide) groups is 2. The van der Waals surface area contributed by atoms with Crippen molar-refractivity contribution in [2.24, 2.45) is 23.2 Å². The zero-order valence-corrected chi connectivity index (χ0v) is 21.9. The fraction of sp³-hybridized carbons (Fsp3) is 0.783. The van der Waals surface area contributed by atoms with Crippen molar-refractivity contribution in [3.63, 3.8) is 0 Å². The third kappa shape index (κ3) is 4.59. The summed E-state index contributed by atoms with van der Waals surface area (Å²) in [6.07, 6.45) is 4.15. The van der Waals surface area contributed by atoms with Crippen LogP contribution >= 0.6 is 34.9 Å². The number of aliphatic hydroxyl groups is 1. The molecule has 4 rings (SSSR count). The van der Waals surface area contributed by atoms with E-state index in [-0.39, 0.29) is 40.9 Å². The second kappa shape index (κ2) is 9.84. The van der Waals surface area contributed by atoms with E-state index in [1.807, 2.05) is 29.8 Å². The molecule has 0 spiro atoms. The highest BCUT2D eigenvalue weighted by Crippen LogP contribution is 2.57. The number of carbonyl (C=O) groups is 2. The summed E-state index contributed by atoms with van der Waals surface area (Å²) in [4.78, 5) is 33.2. The number of nitrogens with one attached hydrogen (secondary N) is 1. The maximum absolute atomic E-state index is 13.2. The Kier molecular flexibility index (Phi) is 7.49. The van der Waals surface area contributed by atoms with Gasteiger partial charge < -0.3 is 15.3 Å². The molecule has 1 saturated heterocycles. The summed E-state index contributed by atoms with van der Waals surface area (Å²) < 4.78 is 0. The van der Waals surface area contributed by atoms with E-state index >= 15 is 0 Å². The Bertz CT molecular complexity index is 857. The highest BCUT2D eigenvalue weighted by molar-refractivity contribution is 7.99. The van der Waals surface area contributed by atoms with Gasteiger partial charge in [-0.25, -0.2) is 4.98 Å². The van der Waals surface area contributed by atoms with Gasteiger partial charge in [0, 0.05) is 41.3 Å². The molecule has 2 heterocycles. The molecular formula is C23H35N3O3S3. The van der Waals surface area contributed by atoms with Crippen LogP contribution in [0.25, 0.3) is 0 Å². The van der Waals surface area contributed by atoms with E-state index in [1.165, 1.54) is 16.6 Å². The van der Waals surface area contributed by atoms with E-state index < -0.39 is 6.10 Å². The Labute approximate surface area is 203 Å². The minimum Gasteiger partial charge on any atom is -0.392 e. The maximum atomic E-state index is 13.2. The van der Waals surface area contributed by atoms with Crippen LogP contribution in [0, 0.1) is 23.2 Å². The van der Waals surface area contributed by atoms with Gasteiger partial charge in [0.15, 0.2) is 5.13 Å². The van der Waals surface area contributed by atoms with Crippen LogP contribution in [0.15, 0.2) is 0 Å². The van der Waals surface area contributed by atoms with E-state index in [4.69, 9.17) is 4.98 Å². The average Bonchev–Trinajstić information content (AvgIpc) is 3.15. The van der Waals surface area contributed by atoms with Crippen molar-refractivity contribution in [1.29, 1.82) is 0 Å². The monoisotopic (exact) mass is 497 g/mol. The topological polar surface area (TPSA) is 82.5 Å². The number of aromatic nitrogens is 1. The Morgan fingerprint density at radius 3 is 2.78 bits per heavy atom. The minimum atomic E-state index is -0.522. The number of thiazole rings is 1. The standard InChI is InChI=1S/C23H35N3O3S3/c1-13(21(29)26-7-9-31-10-8-26)15-5-6-23(3)11-16-19(14(2)18(23)20(15)28)25-22(32-16)24-17(27)12-30-4/h13-15,18,20,28H,5-12H2,1-4H3,(H,24,25,27)/t13-,14-,15+,18+,20-,23-/m0/s1. The molecule has 178 valence electrons. The van der Waals surface area contributed by atoms with Crippen LogP contribution < -0.4 is 5.32 Å². The number of anilines is 1. The van der Waals surface area contributed by atoms with Gasteiger partial charge in [-0.3, -0.25) is 9.59 Å². The van der Waals surface area contributed by atoms with Crippen molar-refractivity contribution in [3.8, 4) is 0 Å². The number of nitrogens with zero attached hydrogens (tertiary/aromatic N) is 2. The SMILES string of the molecule is CSCC(=O)Nc1nc2c(s1)C[C@]1(C)CC[C@H]([C@H](C)C(=O)N3CCSCC3)[C@H](O)[C@H]1[C@@H]2C. The van der Waals surface area contributed by atoms with Crippen LogP contribution in [-0.2, 0) is 16.0 Å². The quantitative estimate of drug-likeness (QED) is 0.645. The van der Waals surface area contributed by atoms with Crippen LogP contribution in [0.4, 0.5) is 5.13 Å². The molecule has 0 bridgehead atoms. The van der Waals surface area contributed by atoms with E-state index in [1.54, 1.807) is 11.3 Å². The first-order valence-corrected chi connectivity index (χ1v) is 14.9. The Hall–Kier alpha value is -0.770. The van der Waals surface area contributed by atoms with Crippen molar-refractivity contribution < 1.29 is 14.7 Å². The third-order valence-corrected chi connectivity index (χ3v) is 10.3. The highest BCUT2D eigenvalue weighted by Gasteiger charge is 2.54. The molecule has 0 aromatic carbocycles. The summed E-state index contributed by atoms with van der Waals surface area (Å²) in [7, 11) is 0. The number of carbonyl (C=O) groups excluding carboxylic acids is 2. The lowest BCUT2D eigenvalue weighted by molar-refractivity contribution is -0.144. The molecule has 6 nitrogen and oxygen atoms in total. The molecule has 2 fully saturated rings. The van der Waals surface area contributed by atoms with Crippen molar-refractivity contribution in [2.75, 3.05) is 41.9 Å². The van der Waals surface area contributed by atoms with Gasteiger partial charge in [-0.1, -0.05) is 20.8 Å². The van der Waals surface area contributed by atoms with Gasteiger partial charge in [0.05, 0.1) is 17.6 Å². The summed E-state index contributed by atoms with van der Waals surface area (Å²) in [5, 5.41) is 15.2. The number of hydrogen-bond donors (Lipinski definition) is 2. The smallest absolute Gasteiger partial charge is 0.236 e. The molecule has 6 atom stereocenters. The molecule has 3 aliphatic rings. The predicted molar refractivity (Wildman–Crippen MR) is 135 cm³/mol. The number of fused-ring (bicyclic) bond motifs is 2. The minimum absolute atomic E-state index is 0.0139. The molecular weight excluding hydrogens is 462 g/mol. The summed E-state index contributed by atoms with van der Waals surface area (Å²) >= 11 is 4.98. The zero-order valence-electron chi connectivity index (χ0n) is 19.4. The third-order valence-electron chi connectivity index (χ3n) is 7.80. The molecule has 0 unspecified atom stereocenters. The Morgan fingerprint density at radius 1 is 1.38 bits per heavy atom. The molecule has 1 aromatic heterocycles. The normalized spacial score (nSPS) is 33.2. The number of rotatable bonds is 5. The van der Waals surface area contributed by atoms with Crippen molar-refractivity contribution in [1.82, 2.24) is 9.88 Å². The lowest BCUT2D eigenvalue weighted by atomic mass is 9.53. The molecule has 2 N–H and O–H groups in total. The zero-order chi connectivity index (χ0) is 23.0. The van der Waals surface area contributed by atoms with E-state index in [2.05, 4.69) is 19.2 Å². The molecule has 2 amide bonds. The fourth-order valence-electron chi connectivity index (χ4n) is 6.14. The van der Waals surface area contributed by atoms with Crippen LogP contribution in [0.5, 0.6) is 0 Å². The van der Waals surface area contributed by atoms with Crippen molar-refractivity contribution >= 4 is 51.8 Å². The van der Waals surface area contributed by atoms with Crippen LogP contribution in [0.3, 0.4) is 0 Å². The summed E-state index contributed by atoms with van der Waals surface area (Å²) in [6.45, 7) is 8.11. The highest BCUT2D eigenvalue weighted by atomic mass is 32.2. The molecule has 0 radical (unpaired) electrons. The van der Waals surface area contributed by atoms with Gasteiger partial charge in [0.2, 0.25) is 11.8 Å². The lowest BCUT2D eigenvalue weighted by Gasteiger charge is -2.53. The van der Waals surface area contributed by atoms with Crippen molar-refractivity contribution in [3.05, 3.63) is 10.6 Å². The largest absolute Gasteiger partial charge is 0.392 e. The average molecular weight is 498 g/mol. The molecule has 1 saturated carbocycles. The Morgan fingerprint density at radius 2 is 2.09 bits per heavy atom. The summed E-state index contributed by atoms with van der Waals surface area (Å²) in [6, 6.07) is 0. The van der Waals surface area contributed by atoms with E-state index in [9.17, 15) is 14.7 Å². The van der Waals surface area contributed by atoms with Gasteiger partial charge in [-0.2, -0.15) is 23.5 Å². The van der Waals surface area contributed by atoms with Crippen molar-refractivity contribution in [2.45, 2.75) is 52.1 Å². The number of hydrogen-bond acceptors (Lipinski definition) is 7. The van der Waals surface area contributed by atoms with Crippen LogP contribution in [0.1, 0.15) is 50.1 Å². The first-order chi connectivity index (χ1) is 15.2. The molecule has 1 aliphatic heterocycles. The first-order valence-electron chi connectivity index (χ1n) is 11.6. The molecule has 32 heavy (non-hydrogen) atoms. The van der Waals surface area contributed by atoms with Crippen LogP contribution in [-0.4, -0.2) is 69.5 Å². The number of amides is 2. The second-order valence-electron chi connectivity index (χ2n) is 9.87. The first kappa shape index (κ1) is 24.4. The summed E-state index contributed by atoms with van der Waals surface area (Å²) in [5.74, 6) is 2.59.